The lowest BCUT2D eigenvalue weighted by atomic mass is 10.0. The molecule has 1 atom stereocenters. The van der Waals surface area contributed by atoms with Gasteiger partial charge in [0.15, 0.2) is 0 Å². The zero-order chi connectivity index (χ0) is 13.4. The maximum atomic E-state index is 11.1. The summed E-state index contributed by atoms with van der Waals surface area (Å²) in [6.07, 6.45) is 5.00. The molecule has 0 aliphatic carbocycles. The Kier molecular flexibility index (Phi) is 6.88. The fraction of sp³-hybridized carbons (Fsp3) is 0.533. The Balaban J connectivity index is 2.57. The summed E-state index contributed by atoms with van der Waals surface area (Å²) in [5.74, 6) is -0.109. The molecule has 100 valence electrons. The van der Waals surface area contributed by atoms with Crippen molar-refractivity contribution in [2.45, 2.75) is 50.3 Å². The van der Waals surface area contributed by atoms with Gasteiger partial charge in [-0.25, -0.2) is 0 Å². The highest BCUT2D eigenvalue weighted by atomic mass is 32.2. The predicted molar refractivity (Wildman–Crippen MR) is 77.4 cm³/mol. The minimum atomic E-state index is -0.756. The van der Waals surface area contributed by atoms with Gasteiger partial charge in [0.05, 0.1) is 5.92 Å². The van der Waals surface area contributed by atoms with Gasteiger partial charge in [0, 0.05) is 4.90 Å². The molecule has 0 saturated heterocycles. The van der Waals surface area contributed by atoms with Crippen molar-refractivity contribution in [3.05, 3.63) is 29.8 Å². The Labute approximate surface area is 114 Å². The van der Waals surface area contributed by atoms with Crippen LogP contribution in [0.5, 0.6) is 0 Å². The quantitative estimate of drug-likeness (QED) is 0.554. The Morgan fingerprint density at radius 1 is 1.28 bits per heavy atom. The highest BCUT2D eigenvalue weighted by Gasteiger charge is 2.16. The molecule has 0 bridgehead atoms. The van der Waals surface area contributed by atoms with Gasteiger partial charge in [-0.3, -0.25) is 4.79 Å². The van der Waals surface area contributed by atoms with Gasteiger partial charge in [-0.05, 0) is 30.7 Å². The lowest BCUT2D eigenvalue weighted by Crippen LogP contribution is -2.08. The van der Waals surface area contributed by atoms with Crippen molar-refractivity contribution in [2.75, 3.05) is 5.75 Å². The van der Waals surface area contributed by atoms with Gasteiger partial charge in [0.2, 0.25) is 0 Å². The number of benzene rings is 1. The molecular weight excluding hydrogens is 244 g/mol. The lowest BCUT2D eigenvalue weighted by molar-refractivity contribution is -0.138. The normalized spacial score (nSPS) is 12.3. The van der Waals surface area contributed by atoms with Crippen LogP contribution in [0.1, 0.15) is 51.0 Å². The molecule has 0 fully saturated rings. The first-order valence-electron chi connectivity index (χ1n) is 6.61. The maximum absolute atomic E-state index is 11.1. The van der Waals surface area contributed by atoms with E-state index in [0.717, 1.165) is 16.2 Å². The summed E-state index contributed by atoms with van der Waals surface area (Å²) in [5, 5.41) is 9.09. The first-order valence-corrected chi connectivity index (χ1v) is 7.60. The van der Waals surface area contributed by atoms with Crippen LogP contribution in [0, 0.1) is 0 Å². The van der Waals surface area contributed by atoms with Gasteiger partial charge >= 0.3 is 5.97 Å². The second kappa shape index (κ2) is 8.20. The monoisotopic (exact) mass is 266 g/mol. The molecule has 0 heterocycles. The molecule has 1 rings (SSSR count). The summed E-state index contributed by atoms with van der Waals surface area (Å²) in [6, 6.07) is 7.84. The van der Waals surface area contributed by atoms with E-state index in [4.69, 9.17) is 5.11 Å². The molecule has 1 aromatic rings. The highest BCUT2D eigenvalue weighted by Crippen LogP contribution is 2.29. The van der Waals surface area contributed by atoms with Gasteiger partial charge in [0.1, 0.15) is 0 Å². The molecule has 3 heteroatoms. The number of hydrogen-bond acceptors (Lipinski definition) is 2. The van der Waals surface area contributed by atoms with E-state index in [2.05, 4.69) is 6.92 Å². The van der Waals surface area contributed by atoms with Crippen LogP contribution in [0.2, 0.25) is 0 Å². The molecule has 0 amide bonds. The molecule has 0 aliphatic rings. The van der Waals surface area contributed by atoms with Crippen LogP contribution in [0.4, 0.5) is 0 Å². The fourth-order valence-corrected chi connectivity index (χ4v) is 2.97. The number of carbonyl (C=O) groups is 1. The lowest BCUT2D eigenvalue weighted by Gasteiger charge is -2.12. The second-order valence-corrected chi connectivity index (χ2v) is 5.64. The first kappa shape index (κ1) is 15.1. The molecule has 0 saturated carbocycles. The molecule has 2 nitrogen and oxygen atoms in total. The van der Waals surface area contributed by atoms with Crippen molar-refractivity contribution in [1.82, 2.24) is 0 Å². The van der Waals surface area contributed by atoms with Crippen molar-refractivity contribution < 1.29 is 9.90 Å². The van der Waals surface area contributed by atoms with Gasteiger partial charge in [-0.2, -0.15) is 0 Å². The number of thioether (sulfide) groups is 1. The summed E-state index contributed by atoms with van der Waals surface area (Å²) >= 11 is 1.78. The van der Waals surface area contributed by atoms with Crippen LogP contribution in [0.15, 0.2) is 29.2 Å². The number of carboxylic acids is 1. The third-order valence-electron chi connectivity index (χ3n) is 3.01. The van der Waals surface area contributed by atoms with Gasteiger partial charge in [-0.1, -0.05) is 44.4 Å². The van der Waals surface area contributed by atoms with Crippen molar-refractivity contribution in [3.63, 3.8) is 0 Å². The topological polar surface area (TPSA) is 37.3 Å². The number of unbranched alkanes of at least 4 members (excludes halogenated alkanes) is 3. The van der Waals surface area contributed by atoms with Crippen LogP contribution in [-0.2, 0) is 4.79 Å². The maximum Gasteiger partial charge on any atom is 0.310 e. The second-order valence-electron chi connectivity index (χ2n) is 4.51. The van der Waals surface area contributed by atoms with E-state index in [9.17, 15) is 4.79 Å². The van der Waals surface area contributed by atoms with Gasteiger partial charge in [-0.15, -0.1) is 11.8 Å². The molecular formula is C15H22O2S. The van der Waals surface area contributed by atoms with E-state index in [0.29, 0.717) is 0 Å². The van der Waals surface area contributed by atoms with Crippen molar-refractivity contribution >= 4 is 17.7 Å². The molecule has 1 N–H and O–H groups in total. The average Bonchev–Trinajstić information content (AvgIpc) is 2.38. The Morgan fingerprint density at radius 2 is 2.00 bits per heavy atom. The highest BCUT2D eigenvalue weighted by molar-refractivity contribution is 7.99. The van der Waals surface area contributed by atoms with E-state index in [1.807, 2.05) is 24.3 Å². The van der Waals surface area contributed by atoms with Gasteiger partial charge in [0.25, 0.3) is 0 Å². The van der Waals surface area contributed by atoms with E-state index in [1.54, 1.807) is 18.7 Å². The largest absolute Gasteiger partial charge is 0.481 e. The average molecular weight is 266 g/mol. The minimum Gasteiger partial charge on any atom is -0.481 e. The smallest absolute Gasteiger partial charge is 0.310 e. The van der Waals surface area contributed by atoms with E-state index < -0.39 is 11.9 Å². The van der Waals surface area contributed by atoms with E-state index >= 15 is 0 Å². The third-order valence-corrected chi connectivity index (χ3v) is 4.19. The van der Waals surface area contributed by atoms with Crippen molar-refractivity contribution in [3.8, 4) is 0 Å². The zero-order valence-corrected chi connectivity index (χ0v) is 12.0. The third kappa shape index (κ3) is 4.73. The molecule has 0 spiro atoms. The zero-order valence-electron chi connectivity index (χ0n) is 11.2. The SMILES string of the molecule is CCCCCCSc1ccccc1[C@@H](C)C(=O)O. The summed E-state index contributed by atoms with van der Waals surface area (Å²) in [6.45, 7) is 3.95. The number of carboxylic acid groups (broad SMARTS) is 1. The predicted octanol–water partition coefficient (Wildman–Crippen LogP) is 4.55. The fourth-order valence-electron chi connectivity index (χ4n) is 1.81. The molecule has 18 heavy (non-hydrogen) atoms. The number of aliphatic carboxylic acids is 1. The molecule has 0 unspecified atom stereocenters. The molecule has 0 aliphatic heterocycles. The Morgan fingerprint density at radius 3 is 2.67 bits per heavy atom. The summed E-state index contributed by atoms with van der Waals surface area (Å²) in [7, 11) is 0. The first-order chi connectivity index (χ1) is 8.66. The van der Waals surface area contributed by atoms with Crippen LogP contribution in [0.25, 0.3) is 0 Å². The van der Waals surface area contributed by atoms with Crippen LogP contribution >= 0.6 is 11.8 Å². The van der Waals surface area contributed by atoms with Crippen molar-refractivity contribution in [1.29, 1.82) is 0 Å². The van der Waals surface area contributed by atoms with Crippen molar-refractivity contribution in [2.24, 2.45) is 0 Å². The van der Waals surface area contributed by atoms with Crippen LogP contribution in [0.3, 0.4) is 0 Å². The Bertz CT molecular complexity index is 377. The van der Waals surface area contributed by atoms with Crippen LogP contribution < -0.4 is 0 Å². The standard InChI is InChI=1S/C15H22O2S/c1-3-4-5-8-11-18-14-10-7-6-9-13(14)12(2)15(16)17/h6-7,9-10,12H,3-5,8,11H2,1-2H3,(H,16,17)/t12-/m1/s1. The van der Waals surface area contributed by atoms with Gasteiger partial charge < -0.3 is 5.11 Å². The van der Waals surface area contributed by atoms with E-state index in [1.165, 1.54) is 25.7 Å². The van der Waals surface area contributed by atoms with E-state index in [-0.39, 0.29) is 0 Å². The number of rotatable bonds is 8. The Hall–Kier alpha value is -0.960. The minimum absolute atomic E-state index is 0.427. The summed E-state index contributed by atoms with van der Waals surface area (Å²) < 4.78 is 0. The molecule has 0 aromatic heterocycles. The van der Waals surface area contributed by atoms with Crippen LogP contribution in [-0.4, -0.2) is 16.8 Å². The summed E-state index contributed by atoms with van der Waals surface area (Å²) in [5.41, 5.74) is 0.936. The molecule has 0 radical (unpaired) electrons. The molecule has 1 aromatic carbocycles. The number of hydrogen-bond donors (Lipinski definition) is 1. The summed E-state index contributed by atoms with van der Waals surface area (Å²) in [4.78, 5) is 12.2.